The molecule has 1 aromatic rings. The minimum Gasteiger partial charge on any atom is -0.459 e. The maximum Gasteiger partial charge on any atom is 0.323 e. The average molecular weight is 261 g/mol. The minimum absolute atomic E-state index is 0.183. The SMILES string of the molecule is CC(NC1CCc2ccccc21)C(=O)OC(C)(C)C. The average Bonchev–Trinajstić information content (AvgIpc) is 2.70. The molecule has 2 unspecified atom stereocenters. The van der Waals surface area contributed by atoms with Crippen LogP contribution in [-0.4, -0.2) is 17.6 Å². The van der Waals surface area contributed by atoms with Crippen LogP contribution in [0.25, 0.3) is 0 Å². The molecule has 0 bridgehead atoms. The molecule has 3 heteroatoms. The van der Waals surface area contributed by atoms with Crippen molar-refractivity contribution in [3.63, 3.8) is 0 Å². The van der Waals surface area contributed by atoms with E-state index < -0.39 is 5.60 Å². The number of rotatable bonds is 3. The molecule has 1 aliphatic rings. The van der Waals surface area contributed by atoms with E-state index in [2.05, 4.69) is 29.6 Å². The second-order valence-electron chi connectivity index (χ2n) is 6.21. The molecule has 0 saturated carbocycles. The van der Waals surface area contributed by atoms with E-state index in [-0.39, 0.29) is 18.1 Å². The first-order chi connectivity index (χ1) is 8.87. The maximum absolute atomic E-state index is 12.0. The summed E-state index contributed by atoms with van der Waals surface area (Å²) < 4.78 is 5.40. The molecule has 104 valence electrons. The van der Waals surface area contributed by atoms with Gasteiger partial charge in [-0.15, -0.1) is 0 Å². The zero-order valence-corrected chi connectivity index (χ0v) is 12.2. The fraction of sp³-hybridized carbons (Fsp3) is 0.562. The molecule has 0 spiro atoms. The van der Waals surface area contributed by atoms with Crippen molar-refractivity contribution in [3.05, 3.63) is 35.4 Å². The van der Waals surface area contributed by atoms with E-state index in [4.69, 9.17) is 4.74 Å². The number of ether oxygens (including phenoxy) is 1. The van der Waals surface area contributed by atoms with Gasteiger partial charge in [0, 0.05) is 6.04 Å². The third-order valence-electron chi connectivity index (χ3n) is 3.34. The molecule has 2 rings (SSSR count). The summed E-state index contributed by atoms with van der Waals surface area (Å²) in [5, 5.41) is 3.38. The molecule has 0 fully saturated rings. The molecular weight excluding hydrogens is 238 g/mol. The van der Waals surface area contributed by atoms with E-state index in [0.717, 1.165) is 12.8 Å². The summed E-state index contributed by atoms with van der Waals surface area (Å²) in [6.45, 7) is 7.54. The van der Waals surface area contributed by atoms with Gasteiger partial charge < -0.3 is 4.74 Å². The van der Waals surface area contributed by atoms with Gasteiger partial charge in [-0.05, 0) is 51.7 Å². The van der Waals surface area contributed by atoms with Gasteiger partial charge in [-0.2, -0.15) is 0 Å². The van der Waals surface area contributed by atoms with Crippen LogP contribution in [0, 0.1) is 0 Å². The lowest BCUT2D eigenvalue weighted by atomic mass is 10.1. The second-order valence-corrected chi connectivity index (χ2v) is 6.21. The predicted octanol–water partition coefficient (Wildman–Crippen LogP) is 2.99. The van der Waals surface area contributed by atoms with Gasteiger partial charge >= 0.3 is 5.97 Å². The summed E-state index contributed by atoms with van der Waals surface area (Å²) in [7, 11) is 0. The Balaban J connectivity index is 1.97. The molecule has 19 heavy (non-hydrogen) atoms. The van der Waals surface area contributed by atoms with Gasteiger partial charge in [0.05, 0.1) is 0 Å². The van der Waals surface area contributed by atoms with Crippen LogP contribution in [0.3, 0.4) is 0 Å². The Morgan fingerprint density at radius 3 is 2.74 bits per heavy atom. The van der Waals surface area contributed by atoms with Crippen LogP contribution in [0.2, 0.25) is 0 Å². The van der Waals surface area contributed by atoms with E-state index in [9.17, 15) is 4.79 Å². The number of hydrogen-bond donors (Lipinski definition) is 1. The monoisotopic (exact) mass is 261 g/mol. The Morgan fingerprint density at radius 1 is 1.37 bits per heavy atom. The van der Waals surface area contributed by atoms with Crippen LogP contribution >= 0.6 is 0 Å². The first-order valence-corrected chi connectivity index (χ1v) is 6.93. The summed E-state index contributed by atoms with van der Waals surface area (Å²) in [6, 6.07) is 8.40. The summed E-state index contributed by atoms with van der Waals surface area (Å²) in [5.41, 5.74) is 2.27. The van der Waals surface area contributed by atoms with Gasteiger partial charge in [0.2, 0.25) is 0 Å². The molecule has 0 saturated heterocycles. The molecule has 0 aliphatic heterocycles. The van der Waals surface area contributed by atoms with Gasteiger partial charge in [-0.1, -0.05) is 24.3 Å². The zero-order valence-electron chi connectivity index (χ0n) is 12.2. The van der Waals surface area contributed by atoms with E-state index in [1.165, 1.54) is 11.1 Å². The minimum atomic E-state index is -0.430. The Kier molecular flexibility index (Phi) is 3.95. The quantitative estimate of drug-likeness (QED) is 0.850. The van der Waals surface area contributed by atoms with Gasteiger partial charge in [-0.3, -0.25) is 10.1 Å². The van der Waals surface area contributed by atoms with Crippen molar-refractivity contribution in [2.75, 3.05) is 0 Å². The molecule has 0 radical (unpaired) electrons. The fourth-order valence-electron chi connectivity index (χ4n) is 2.49. The number of nitrogens with one attached hydrogen (secondary N) is 1. The van der Waals surface area contributed by atoms with Crippen LogP contribution in [0.5, 0.6) is 0 Å². The van der Waals surface area contributed by atoms with Crippen molar-refractivity contribution in [1.82, 2.24) is 5.32 Å². The standard InChI is InChI=1S/C16H23NO2/c1-11(15(18)19-16(2,3)4)17-14-10-9-12-7-5-6-8-13(12)14/h5-8,11,14,17H,9-10H2,1-4H3. The molecule has 0 aromatic heterocycles. The summed E-state index contributed by atoms with van der Waals surface area (Å²) in [5.74, 6) is -0.183. The van der Waals surface area contributed by atoms with E-state index in [1.54, 1.807) is 0 Å². The molecule has 0 heterocycles. The first-order valence-electron chi connectivity index (χ1n) is 6.93. The lowest BCUT2D eigenvalue weighted by Crippen LogP contribution is -2.40. The Bertz CT molecular complexity index is 462. The highest BCUT2D eigenvalue weighted by Crippen LogP contribution is 2.31. The third kappa shape index (κ3) is 3.57. The zero-order chi connectivity index (χ0) is 14.0. The van der Waals surface area contributed by atoms with Gasteiger partial charge in [-0.25, -0.2) is 0 Å². The Labute approximate surface area is 115 Å². The number of fused-ring (bicyclic) bond motifs is 1. The number of aryl methyl sites for hydroxylation is 1. The lowest BCUT2D eigenvalue weighted by Gasteiger charge is -2.24. The van der Waals surface area contributed by atoms with Gasteiger partial charge in [0.15, 0.2) is 0 Å². The van der Waals surface area contributed by atoms with E-state index in [1.807, 2.05) is 27.7 Å². The number of hydrogen-bond acceptors (Lipinski definition) is 3. The second kappa shape index (κ2) is 5.33. The first kappa shape index (κ1) is 14.1. The number of esters is 1. The van der Waals surface area contributed by atoms with Crippen molar-refractivity contribution in [2.24, 2.45) is 0 Å². The smallest absolute Gasteiger partial charge is 0.323 e. The van der Waals surface area contributed by atoms with Crippen molar-refractivity contribution in [3.8, 4) is 0 Å². The van der Waals surface area contributed by atoms with Crippen LogP contribution < -0.4 is 5.32 Å². The summed E-state index contributed by atoms with van der Waals surface area (Å²) in [6.07, 6.45) is 2.13. The van der Waals surface area contributed by atoms with Crippen molar-refractivity contribution in [2.45, 2.75) is 58.2 Å². The number of carbonyl (C=O) groups is 1. The Hall–Kier alpha value is -1.35. The van der Waals surface area contributed by atoms with Gasteiger partial charge in [0.1, 0.15) is 11.6 Å². The molecule has 3 nitrogen and oxygen atoms in total. The highest BCUT2D eigenvalue weighted by molar-refractivity contribution is 5.75. The summed E-state index contributed by atoms with van der Waals surface area (Å²) in [4.78, 5) is 12.0. The normalized spacial score (nSPS) is 19.9. The van der Waals surface area contributed by atoms with Crippen molar-refractivity contribution < 1.29 is 9.53 Å². The van der Waals surface area contributed by atoms with Gasteiger partial charge in [0.25, 0.3) is 0 Å². The van der Waals surface area contributed by atoms with E-state index >= 15 is 0 Å². The predicted molar refractivity (Wildman–Crippen MR) is 75.9 cm³/mol. The lowest BCUT2D eigenvalue weighted by molar-refractivity contribution is -0.157. The largest absolute Gasteiger partial charge is 0.459 e. The van der Waals surface area contributed by atoms with Crippen LogP contribution in [0.15, 0.2) is 24.3 Å². The Morgan fingerprint density at radius 2 is 2.05 bits per heavy atom. The van der Waals surface area contributed by atoms with Crippen molar-refractivity contribution >= 4 is 5.97 Å². The highest BCUT2D eigenvalue weighted by Gasteiger charge is 2.27. The van der Waals surface area contributed by atoms with Crippen molar-refractivity contribution in [1.29, 1.82) is 0 Å². The van der Waals surface area contributed by atoms with Crippen LogP contribution in [0.4, 0.5) is 0 Å². The molecule has 0 amide bonds. The summed E-state index contributed by atoms with van der Waals surface area (Å²) >= 11 is 0. The fourth-order valence-corrected chi connectivity index (χ4v) is 2.49. The number of benzene rings is 1. The molecule has 1 aromatic carbocycles. The molecular formula is C16H23NO2. The molecule has 1 aliphatic carbocycles. The van der Waals surface area contributed by atoms with Crippen LogP contribution in [-0.2, 0) is 16.0 Å². The number of carbonyl (C=O) groups excluding carboxylic acids is 1. The van der Waals surface area contributed by atoms with E-state index in [0.29, 0.717) is 0 Å². The molecule has 1 N–H and O–H groups in total. The van der Waals surface area contributed by atoms with Crippen LogP contribution in [0.1, 0.15) is 51.3 Å². The maximum atomic E-state index is 12.0. The molecule has 2 atom stereocenters. The highest BCUT2D eigenvalue weighted by atomic mass is 16.6. The topological polar surface area (TPSA) is 38.3 Å². The third-order valence-corrected chi connectivity index (χ3v) is 3.34.